The third-order valence-corrected chi connectivity index (χ3v) is 2.39. The summed E-state index contributed by atoms with van der Waals surface area (Å²) in [6.07, 6.45) is -4.49. The molecular formula is C11H13F3N2O3. The highest BCUT2D eigenvalue weighted by Crippen LogP contribution is 2.29. The molecule has 8 heteroatoms. The third kappa shape index (κ3) is 4.02. The number of para-hydroxylation sites is 1. The minimum atomic E-state index is -4.49. The van der Waals surface area contributed by atoms with Crippen molar-refractivity contribution in [2.24, 2.45) is 0 Å². The normalized spacial score (nSPS) is 11.4. The second kappa shape index (κ2) is 5.79. The number of carboxylic acids is 1. The van der Waals surface area contributed by atoms with Gasteiger partial charge in [0.2, 0.25) is 0 Å². The molecule has 0 aliphatic carbocycles. The molecule has 0 amide bonds. The van der Waals surface area contributed by atoms with Crippen molar-refractivity contribution in [1.82, 2.24) is 0 Å². The summed E-state index contributed by atoms with van der Waals surface area (Å²) < 4.78 is 37.3. The molecule has 0 unspecified atom stereocenters. The number of anilines is 2. The van der Waals surface area contributed by atoms with Gasteiger partial charge in [-0.05, 0) is 12.1 Å². The Balaban J connectivity index is 3.16. The maximum atomic E-state index is 12.4. The molecular weight excluding hydrogens is 265 g/mol. The number of nitrogens with zero attached hydrogens (tertiary/aromatic N) is 1. The van der Waals surface area contributed by atoms with Gasteiger partial charge in [-0.15, -0.1) is 0 Å². The van der Waals surface area contributed by atoms with E-state index >= 15 is 0 Å². The fraction of sp³-hybridized carbons (Fsp3) is 0.364. The monoisotopic (exact) mass is 278 g/mol. The fourth-order valence-electron chi connectivity index (χ4n) is 1.64. The third-order valence-electron chi connectivity index (χ3n) is 2.39. The van der Waals surface area contributed by atoms with Crippen molar-refractivity contribution < 1.29 is 28.2 Å². The predicted molar refractivity (Wildman–Crippen MR) is 63.2 cm³/mol. The molecule has 0 atom stereocenters. The number of hydrogen-bond donors (Lipinski definition) is 3. The van der Waals surface area contributed by atoms with E-state index in [2.05, 4.69) is 0 Å². The summed E-state index contributed by atoms with van der Waals surface area (Å²) in [6.45, 7) is -2.12. The molecule has 106 valence electrons. The maximum Gasteiger partial charge on any atom is 0.405 e. The van der Waals surface area contributed by atoms with Gasteiger partial charge < -0.3 is 20.8 Å². The Morgan fingerprint density at radius 1 is 1.37 bits per heavy atom. The molecule has 1 rings (SSSR count). The average Bonchev–Trinajstić information content (AvgIpc) is 2.26. The van der Waals surface area contributed by atoms with Crippen LogP contribution in [-0.4, -0.2) is 42.1 Å². The quantitative estimate of drug-likeness (QED) is 0.707. The smallest absolute Gasteiger partial charge is 0.405 e. The lowest BCUT2D eigenvalue weighted by molar-refractivity contribution is -0.119. The molecule has 0 aliphatic heterocycles. The molecule has 0 saturated heterocycles. The second-order valence-electron chi connectivity index (χ2n) is 3.80. The number of aliphatic hydroxyl groups is 1. The zero-order chi connectivity index (χ0) is 14.6. The number of benzene rings is 1. The maximum absolute atomic E-state index is 12.4. The van der Waals surface area contributed by atoms with Gasteiger partial charge in [0.15, 0.2) is 0 Å². The number of halogens is 3. The molecule has 0 spiro atoms. The SMILES string of the molecule is Nc1c(C(=O)O)cccc1N(CCO)CC(F)(F)F. The highest BCUT2D eigenvalue weighted by Gasteiger charge is 2.31. The van der Waals surface area contributed by atoms with Gasteiger partial charge in [-0.1, -0.05) is 6.07 Å². The van der Waals surface area contributed by atoms with Gasteiger partial charge in [0.05, 0.1) is 23.5 Å². The molecule has 0 aliphatic rings. The van der Waals surface area contributed by atoms with E-state index in [1.54, 1.807) is 0 Å². The van der Waals surface area contributed by atoms with Crippen molar-refractivity contribution >= 4 is 17.3 Å². The summed E-state index contributed by atoms with van der Waals surface area (Å²) >= 11 is 0. The second-order valence-corrected chi connectivity index (χ2v) is 3.80. The molecule has 0 heterocycles. The van der Waals surface area contributed by atoms with Crippen molar-refractivity contribution in [3.63, 3.8) is 0 Å². The van der Waals surface area contributed by atoms with Crippen molar-refractivity contribution in [3.8, 4) is 0 Å². The zero-order valence-corrected chi connectivity index (χ0v) is 9.81. The molecule has 0 bridgehead atoms. The first-order valence-electron chi connectivity index (χ1n) is 5.30. The van der Waals surface area contributed by atoms with Crippen molar-refractivity contribution in [3.05, 3.63) is 23.8 Å². The van der Waals surface area contributed by atoms with Crippen LogP contribution in [0.1, 0.15) is 10.4 Å². The predicted octanol–water partition coefficient (Wildman–Crippen LogP) is 1.33. The van der Waals surface area contributed by atoms with Crippen LogP contribution in [0.3, 0.4) is 0 Å². The van der Waals surface area contributed by atoms with E-state index in [1.165, 1.54) is 18.2 Å². The number of alkyl halides is 3. The highest BCUT2D eigenvalue weighted by atomic mass is 19.4. The summed E-state index contributed by atoms with van der Waals surface area (Å²) in [4.78, 5) is 11.7. The number of carbonyl (C=O) groups is 1. The van der Waals surface area contributed by atoms with Crippen LogP contribution in [0.2, 0.25) is 0 Å². The number of hydrogen-bond acceptors (Lipinski definition) is 4. The van der Waals surface area contributed by atoms with E-state index in [1.807, 2.05) is 0 Å². The van der Waals surface area contributed by atoms with Crippen LogP contribution in [0.15, 0.2) is 18.2 Å². The van der Waals surface area contributed by atoms with Crippen molar-refractivity contribution in [2.45, 2.75) is 6.18 Å². The van der Waals surface area contributed by atoms with Crippen LogP contribution in [0.25, 0.3) is 0 Å². The zero-order valence-electron chi connectivity index (χ0n) is 9.81. The van der Waals surface area contributed by atoms with Gasteiger partial charge in [0, 0.05) is 6.54 Å². The van der Waals surface area contributed by atoms with Crippen LogP contribution in [0, 0.1) is 0 Å². The summed E-state index contributed by atoms with van der Waals surface area (Å²) in [5, 5.41) is 17.7. The summed E-state index contributed by atoms with van der Waals surface area (Å²) in [7, 11) is 0. The summed E-state index contributed by atoms with van der Waals surface area (Å²) in [5.74, 6) is -1.32. The van der Waals surface area contributed by atoms with Crippen molar-refractivity contribution in [1.29, 1.82) is 0 Å². The highest BCUT2D eigenvalue weighted by molar-refractivity contribution is 5.97. The van der Waals surface area contributed by atoms with Crippen LogP contribution in [-0.2, 0) is 0 Å². The first kappa shape index (κ1) is 15.1. The van der Waals surface area contributed by atoms with Crippen molar-refractivity contribution in [2.75, 3.05) is 30.3 Å². The Morgan fingerprint density at radius 3 is 2.47 bits per heavy atom. The number of rotatable bonds is 5. The van der Waals surface area contributed by atoms with E-state index in [4.69, 9.17) is 15.9 Å². The average molecular weight is 278 g/mol. The molecule has 19 heavy (non-hydrogen) atoms. The number of nitrogens with two attached hydrogens (primary N) is 1. The molecule has 1 aromatic rings. The van der Waals surface area contributed by atoms with Crippen LogP contribution < -0.4 is 10.6 Å². The number of aromatic carboxylic acids is 1. The summed E-state index contributed by atoms with van der Waals surface area (Å²) in [6, 6.07) is 3.78. The first-order valence-corrected chi connectivity index (χ1v) is 5.30. The lowest BCUT2D eigenvalue weighted by atomic mass is 10.1. The minimum Gasteiger partial charge on any atom is -0.478 e. The Labute approximate surface area is 107 Å². The van der Waals surface area contributed by atoms with Gasteiger partial charge in [-0.2, -0.15) is 13.2 Å². The Morgan fingerprint density at radius 2 is 2.00 bits per heavy atom. The van der Waals surface area contributed by atoms with Gasteiger partial charge >= 0.3 is 12.1 Å². The Hall–Kier alpha value is -1.96. The number of nitrogen functional groups attached to an aromatic ring is 1. The van der Waals surface area contributed by atoms with E-state index in [9.17, 15) is 18.0 Å². The van der Waals surface area contributed by atoms with E-state index < -0.39 is 25.3 Å². The summed E-state index contributed by atoms with van der Waals surface area (Å²) in [5.41, 5.74) is 4.97. The van der Waals surface area contributed by atoms with Gasteiger partial charge in [0.25, 0.3) is 0 Å². The molecule has 5 nitrogen and oxygen atoms in total. The molecule has 0 aromatic heterocycles. The first-order chi connectivity index (χ1) is 8.76. The standard InChI is InChI=1S/C11H13F3N2O3/c12-11(13,14)6-16(4-5-17)8-3-1-2-7(9(8)15)10(18)19/h1-3,17H,4-6,15H2,(H,18,19). The molecule has 0 fully saturated rings. The molecule has 4 N–H and O–H groups in total. The van der Waals surface area contributed by atoms with Crippen LogP contribution in [0.4, 0.5) is 24.5 Å². The lowest BCUT2D eigenvalue weighted by Crippen LogP contribution is -2.36. The fourth-order valence-corrected chi connectivity index (χ4v) is 1.64. The van der Waals surface area contributed by atoms with Crippen LogP contribution >= 0.6 is 0 Å². The van der Waals surface area contributed by atoms with Gasteiger partial charge in [-0.3, -0.25) is 0 Å². The molecule has 1 aromatic carbocycles. The molecule has 0 saturated carbocycles. The molecule has 0 radical (unpaired) electrons. The lowest BCUT2D eigenvalue weighted by Gasteiger charge is -2.26. The number of aliphatic hydroxyl groups excluding tert-OH is 1. The van der Waals surface area contributed by atoms with E-state index in [-0.39, 0.29) is 23.5 Å². The topological polar surface area (TPSA) is 86.8 Å². The van der Waals surface area contributed by atoms with Gasteiger partial charge in [0.1, 0.15) is 6.54 Å². The van der Waals surface area contributed by atoms with E-state index in [0.717, 1.165) is 4.90 Å². The van der Waals surface area contributed by atoms with Crippen LogP contribution in [0.5, 0.6) is 0 Å². The number of carboxylic acid groups (broad SMARTS) is 1. The van der Waals surface area contributed by atoms with E-state index in [0.29, 0.717) is 0 Å². The Bertz CT molecular complexity index is 463. The largest absolute Gasteiger partial charge is 0.478 e. The Kier molecular flexibility index (Phi) is 4.60. The van der Waals surface area contributed by atoms with Gasteiger partial charge in [-0.25, -0.2) is 4.79 Å². The minimum absolute atomic E-state index is 0.0636.